The summed E-state index contributed by atoms with van der Waals surface area (Å²) in [7, 11) is 5.65. The summed E-state index contributed by atoms with van der Waals surface area (Å²) in [5.74, 6) is -0.715. The van der Waals surface area contributed by atoms with E-state index in [4.69, 9.17) is 0 Å². The molecule has 0 aliphatic rings. The van der Waals surface area contributed by atoms with E-state index in [9.17, 15) is 19.8 Å². The number of allylic oxidation sites excluding steroid dienone is 1. The zero-order chi connectivity index (χ0) is 24.2. The smallest absolute Gasteiger partial charge is 0.362 e. The van der Waals surface area contributed by atoms with Crippen molar-refractivity contribution in [2.45, 2.75) is 115 Å². The van der Waals surface area contributed by atoms with Crippen LogP contribution in [-0.4, -0.2) is 66.4 Å². The highest BCUT2D eigenvalue weighted by molar-refractivity contribution is 5.75. The molecule has 6 heteroatoms. The quantitative estimate of drug-likeness (QED) is 0.128. The van der Waals surface area contributed by atoms with Gasteiger partial charge in [0.25, 0.3) is 0 Å². The van der Waals surface area contributed by atoms with Crippen LogP contribution in [0.2, 0.25) is 0 Å². The number of likely N-dealkylation sites (N-methyl/N-ethyl adjacent to an activating group) is 1. The molecule has 0 aromatic rings. The number of nitrogens with zero attached hydrogens (tertiary/aromatic N) is 1. The molecule has 0 aromatic carbocycles. The second-order valence-electron chi connectivity index (χ2n) is 9.98. The van der Waals surface area contributed by atoms with Gasteiger partial charge in [-0.25, -0.2) is 4.79 Å². The second-order valence-corrected chi connectivity index (χ2v) is 9.98. The van der Waals surface area contributed by atoms with Crippen molar-refractivity contribution in [2.75, 3.05) is 27.7 Å². The Bertz CT molecular complexity index is 514. The van der Waals surface area contributed by atoms with Gasteiger partial charge in [0.1, 0.15) is 0 Å². The van der Waals surface area contributed by atoms with Crippen LogP contribution in [0, 0.1) is 0 Å². The van der Waals surface area contributed by atoms with Crippen LogP contribution < -0.4 is 5.32 Å². The first-order valence-electron chi connectivity index (χ1n) is 12.8. The van der Waals surface area contributed by atoms with Crippen LogP contribution in [0.5, 0.6) is 0 Å². The molecule has 32 heavy (non-hydrogen) atoms. The maximum absolute atomic E-state index is 11.9. The molecule has 188 valence electrons. The lowest BCUT2D eigenvalue weighted by molar-refractivity contribution is -0.887. The van der Waals surface area contributed by atoms with E-state index in [2.05, 4.69) is 24.4 Å². The number of hydrogen-bond donors (Lipinski definition) is 3. The van der Waals surface area contributed by atoms with Gasteiger partial charge in [-0.15, -0.1) is 0 Å². The summed E-state index contributed by atoms with van der Waals surface area (Å²) < 4.78 is 0.389. The minimum Gasteiger partial charge on any atom is -0.477 e. The fourth-order valence-electron chi connectivity index (χ4n) is 3.83. The predicted molar refractivity (Wildman–Crippen MR) is 133 cm³/mol. The minimum absolute atomic E-state index is 0.0679. The van der Waals surface area contributed by atoms with Gasteiger partial charge in [0.05, 0.1) is 27.2 Å². The third-order valence-corrected chi connectivity index (χ3v) is 5.94. The Morgan fingerprint density at radius 2 is 1.53 bits per heavy atom. The summed E-state index contributed by atoms with van der Waals surface area (Å²) in [6.45, 7) is 2.75. The summed E-state index contributed by atoms with van der Waals surface area (Å²) in [5, 5.41) is 22.2. The summed E-state index contributed by atoms with van der Waals surface area (Å²) in [5.41, 5.74) is 0. The van der Waals surface area contributed by atoms with Crippen LogP contribution in [0.4, 0.5) is 0 Å². The summed E-state index contributed by atoms with van der Waals surface area (Å²) in [6.07, 6.45) is 19.0. The number of carboxylic acids is 1. The van der Waals surface area contributed by atoms with Crippen LogP contribution in [-0.2, 0) is 9.59 Å². The Kier molecular flexibility index (Phi) is 18.3. The van der Waals surface area contributed by atoms with Crippen molar-refractivity contribution in [1.82, 2.24) is 5.32 Å². The van der Waals surface area contributed by atoms with Gasteiger partial charge in [0.15, 0.2) is 6.04 Å². The maximum Gasteiger partial charge on any atom is 0.362 e. The molecule has 0 rings (SSSR count). The summed E-state index contributed by atoms with van der Waals surface area (Å²) >= 11 is 0. The van der Waals surface area contributed by atoms with Crippen molar-refractivity contribution in [3.8, 4) is 0 Å². The van der Waals surface area contributed by atoms with Crippen molar-refractivity contribution >= 4 is 11.9 Å². The van der Waals surface area contributed by atoms with Crippen molar-refractivity contribution < 1.29 is 24.3 Å². The van der Waals surface area contributed by atoms with Crippen molar-refractivity contribution in [2.24, 2.45) is 0 Å². The number of carboxylic acid groups (broad SMARTS) is 1. The van der Waals surface area contributed by atoms with E-state index >= 15 is 0 Å². The van der Waals surface area contributed by atoms with E-state index in [0.717, 1.165) is 51.4 Å². The highest BCUT2D eigenvalue weighted by atomic mass is 16.4. The molecule has 1 unspecified atom stereocenters. The lowest BCUT2D eigenvalue weighted by Gasteiger charge is -2.31. The van der Waals surface area contributed by atoms with Gasteiger partial charge >= 0.3 is 5.97 Å². The Morgan fingerprint density at radius 1 is 0.875 bits per heavy atom. The molecule has 3 N–H and O–H groups in total. The summed E-state index contributed by atoms with van der Waals surface area (Å²) in [4.78, 5) is 23.3. The summed E-state index contributed by atoms with van der Waals surface area (Å²) in [6, 6.07) is -0.442. The van der Waals surface area contributed by atoms with Gasteiger partial charge in [0.2, 0.25) is 5.91 Å². The van der Waals surface area contributed by atoms with E-state index < -0.39 is 12.0 Å². The molecule has 0 saturated heterocycles. The molecule has 0 heterocycles. The molecular formula is C26H51N2O4+. The SMILES string of the molecule is CCCCCC[C@@H](O)C/C=C\CCCCCCCC(=O)NCCCC(C(=O)O)[N+](C)(C)C. The van der Waals surface area contributed by atoms with E-state index in [-0.39, 0.29) is 12.0 Å². The molecule has 0 aromatic heterocycles. The average molecular weight is 456 g/mol. The molecule has 0 aliphatic carbocycles. The van der Waals surface area contributed by atoms with Gasteiger partial charge in [-0.05, 0) is 38.5 Å². The molecule has 0 fully saturated rings. The molecule has 2 atom stereocenters. The Hall–Kier alpha value is -1.40. The van der Waals surface area contributed by atoms with Crippen LogP contribution in [0.3, 0.4) is 0 Å². The average Bonchev–Trinajstić information content (AvgIpc) is 2.71. The second kappa shape index (κ2) is 19.1. The van der Waals surface area contributed by atoms with E-state index in [1.807, 2.05) is 21.1 Å². The lowest BCUT2D eigenvalue weighted by Crippen LogP contribution is -2.50. The zero-order valence-corrected chi connectivity index (χ0v) is 21.3. The minimum atomic E-state index is -0.783. The third-order valence-electron chi connectivity index (χ3n) is 5.94. The number of quaternary nitrogens is 1. The van der Waals surface area contributed by atoms with Crippen LogP contribution in [0.25, 0.3) is 0 Å². The topological polar surface area (TPSA) is 86.6 Å². The van der Waals surface area contributed by atoms with Gasteiger partial charge < -0.3 is 20.0 Å². The first-order valence-corrected chi connectivity index (χ1v) is 12.8. The maximum atomic E-state index is 11.9. The van der Waals surface area contributed by atoms with Gasteiger partial charge in [-0.1, -0.05) is 64.0 Å². The molecule has 0 bridgehead atoms. The van der Waals surface area contributed by atoms with E-state index in [1.54, 1.807) is 0 Å². The van der Waals surface area contributed by atoms with Crippen molar-refractivity contribution in [3.63, 3.8) is 0 Å². The zero-order valence-electron chi connectivity index (χ0n) is 21.3. The molecule has 0 spiro atoms. The van der Waals surface area contributed by atoms with Crippen LogP contribution >= 0.6 is 0 Å². The van der Waals surface area contributed by atoms with E-state index in [1.165, 1.54) is 25.7 Å². The number of amides is 1. The monoisotopic (exact) mass is 455 g/mol. The van der Waals surface area contributed by atoms with E-state index in [0.29, 0.717) is 30.3 Å². The molecule has 1 amide bonds. The van der Waals surface area contributed by atoms with Crippen LogP contribution in [0.1, 0.15) is 103 Å². The molecule has 0 radical (unpaired) electrons. The van der Waals surface area contributed by atoms with Crippen LogP contribution in [0.15, 0.2) is 12.2 Å². The molecule has 0 aliphatic heterocycles. The Morgan fingerprint density at radius 3 is 2.19 bits per heavy atom. The van der Waals surface area contributed by atoms with Gasteiger partial charge in [-0.2, -0.15) is 0 Å². The molecule has 0 saturated carbocycles. The third kappa shape index (κ3) is 18.2. The number of aliphatic carboxylic acids is 1. The number of aliphatic hydroxyl groups excluding tert-OH is 1. The fourth-order valence-corrected chi connectivity index (χ4v) is 3.83. The Labute approximate surface area is 197 Å². The standard InChI is InChI=1S/C26H50N2O4/c1-5-6-7-14-18-23(29)19-15-12-10-8-9-11-13-16-21-25(30)27-22-17-20-24(26(31)32)28(2,3)4/h12,15,23-24,29H,5-11,13-14,16-22H2,1-4H3,(H-,27,30,31,32)/p+1/b15-12-/t23-,24?/m1/s1. The molecule has 6 nitrogen and oxygen atoms in total. The van der Waals surface area contributed by atoms with Crippen molar-refractivity contribution in [3.05, 3.63) is 12.2 Å². The highest BCUT2D eigenvalue weighted by Crippen LogP contribution is 2.12. The number of rotatable bonds is 21. The van der Waals surface area contributed by atoms with Gasteiger partial charge in [-0.3, -0.25) is 4.79 Å². The fraction of sp³-hybridized carbons (Fsp3) is 0.846. The first-order chi connectivity index (χ1) is 15.2. The molecular weight excluding hydrogens is 404 g/mol. The number of aliphatic hydroxyl groups is 1. The number of nitrogens with one attached hydrogen (secondary N) is 1. The number of carbonyl (C=O) groups is 2. The number of unbranched alkanes of at least 4 members (excludes halogenated alkanes) is 8. The normalized spacial score (nSPS) is 13.9. The number of carbonyl (C=O) groups excluding carboxylic acids is 1. The predicted octanol–water partition coefficient (Wildman–Crippen LogP) is 5.05. The van der Waals surface area contributed by atoms with Crippen molar-refractivity contribution in [1.29, 1.82) is 0 Å². The first kappa shape index (κ1) is 30.6. The largest absolute Gasteiger partial charge is 0.477 e. The lowest BCUT2D eigenvalue weighted by atomic mass is 10.1. The Balaban J connectivity index is 3.57. The van der Waals surface area contributed by atoms with Gasteiger partial charge in [0, 0.05) is 19.4 Å². The number of hydrogen-bond acceptors (Lipinski definition) is 3. The highest BCUT2D eigenvalue weighted by Gasteiger charge is 2.30.